The lowest BCUT2D eigenvalue weighted by atomic mass is 9.89. The fraction of sp³-hybridized carbons (Fsp3) is 0.214. The highest BCUT2D eigenvalue weighted by molar-refractivity contribution is 5.98. The van der Waals surface area contributed by atoms with Crippen LogP contribution in [0.25, 0.3) is 0 Å². The third-order valence-corrected chi connectivity index (χ3v) is 3.17. The maximum Gasteiger partial charge on any atom is 0.130 e. The van der Waals surface area contributed by atoms with Crippen molar-refractivity contribution < 1.29 is 4.74 Å². The fourth-order valence-electron chi connectivity index (χ4n) is 2.30. The Labute approximate surface area is 94.8 Å². The second kappa shape index (κ2) is 3.34. The van der Waals surface area contributed by atoms with Crippen molar-refractivity contribution in [1.82, 2.24) is 0 Å². The van der Waals surface area contributed by atoms with Crippen molar-refractivity contribution in [2.24, 2.45) is 0 Å². The molecule has 1 aliphatic carbocycles. The minimum Gasteiger partial charge on any atom is -0.461 e. The number of fused-ring (bicyclic) bond motifs is 3. The number of nitrogens with one attached hydrogen (secondary N) is 1. The Bertz CT molecular complexity index is 525. The van der Waals surface area contributed by atoms with Gasteiger partial charge in [0.25, 0.3) is 0 Å². The van der Waals surface area contributed by atoms with Crippen molar-refractivity contribution in [2.45, 2.75) is 19.3 Å². The monoisotopic (exact) mass is 211 g/mol. The van der Waals surface area contributed by atoms with Crippen LogP contribution in [0.3, 0.4) is 0 Å². The molecule has 2 aliphatic rings. The number of rotatable bonds is 1. The van der Waals surface area contributed by atoms with E-state index in [4.69, 9.17) is 10.1 Å². The largest absolute Gasteiger partial charge is 0.461 e. The molecule has 3 rings (SSSR count). The van der Waals surface area contributed by atoms with Gasteiger partial charge in [-0.15, -0.1) is 0 Å². The Morgan fingerprint density at radius 3 is 3.00 bits per heavy atom. The van der Waals surface area contributed by atoms with E-state index in [0.717, 1.165) is 23.5 Å². The SMILES string of the molecule is CC(=N)C1=CCC2C(=C1)Oc1ccccc12. The summed E-state index contributed by atoms with van der Waals surface area (Å²) in [5.74, 6) is 2.32. The van der Waals surface area contributed by atoms with Gasteiger partial charge in [0.05, 0.1) is 0 Å². The molecule has 1 heterocycles. The van der Waals surface area contributed by atoms with Gasteiger partial charge < -0.3 is 10.1 Å². The molecule has 1 unspecified atom stereocenters. The third-order valence-electron chi connectivity index (χ3n) is 3.17. The van der Waals surface area contributed by atoms with Crippen LogP contribution in [0.15, 0.2) is 47.7 Å². The van der Waals surface area contributed by atoms with Gasteiger partial charge in [-0.2, -0.15) is 0 Å². The topological polar surface area (TPSA) is 33.1 Å². The summed E-state index contributed by atoms with van der Waals surface area (Å²) in [4.78, 5) is 0. The van der Waals surface area contributed by atoms with Crippen LogP contribution in [-0.2, 0) is 0 Å². The minimum absolute atomic E-state index is 0.360. The molecule has 1 N–H and O–H groups in total. The van der Waals surface area contributed by atoms with E-state index >= 15 is 0 Å². The average molecular weight is 211 g/mol. The number of ether oxygens (including phenoxy) is 1. The van der Waals surface area contributed by atoms with E-state index in [9.17, 15) is 0 Å². The molecule has 0 aromatic heterocycles. The quantitative estimate of drug-likeness (QED) is 0.709. The summed E-state index contributed by atoms with van der Waals surface area (Å²) in [5, 5.41) is 7.63. The summed E-state index contributed by atoms with van der Waals surface area (Å²) in [6.45, 7) is 1.81. The summed E-state index contributed by atoms with van der Waals surface area (Å²) in [5.41, 5.74) is 2.86. The predicted octanol–water partition coefficient (Wildman–Crippen LogP) is 3.42. The molecule has 2 nitrogen and oxygen atoms in total. The molecule has 0 amide bonds. The van der Waals surface area contributed by atoms with Gasteiger partial charge in [-0.3, -0.25) is 0 Å². The number of hydrogen-bond acceptors (Lipinski definition) is 2. The highest BCUT2D eigenvalue weighted by atomic mass is 16.5. The first-order valence-electron chi connectivity index (χ1n) is 5.50. The van der Waals surface area contributed by atoms with Crippen molar-refractivity contribution >= 4 is 5.71 Å². The number of hydrogen-bond donors (Lipinski definition) is 1. The molecular weight excluding hydrogens is 198 g/mol. The highest BCUT2D eigenvalue weighted by Gasteiger charge is 2.30. The summed E-state index contributed by atoms with van der Waals surface area (Å²) < 4.78 is 5.81. The average Bonchev–Trinajstić information content (AvgIpc) is 2.66. The molecule has 1 aromatic carbocycles. The van der Waals surface area contributed by atoms with E-state index in [0.29, 0.717) is 11.6 Å². The van der Waals surface area contributed by atoms with Gasteiger partial charge in [-0.25, -0.2) is 0 Å². The molecule has 2 heteroatoms. The third kappa shape index (κ3) is 1.30. The van der Waals surface area contributed by atoms with Crippen LogP contribution in [0.4, 0.5) is 0 Å². The van der Waals surface area contributed by atoms with Crippen molar-refractivity contribution in [3.63, 3.8) is 0 Å². The maximum absolute atomic E-state index is 7.63. The number of allylic oxidation sites excluding steroid dienone is 4. The van der Waals surface area contributed by atoms with Crippen molar-refractivity contribution in [1.29, 1.82) is 5.41 Å². The lowest BCUT2D eigenvalue weighted by Crippen LogP contribution is -2.06. The molecule has 0 spiro atoms. The van der Waals surface area contributed by atoms with Gasteiger partial charge in [-0.05, 0) is 31.1 Å². The first kappa shape index (κ1) is 9.40. The molecule has 0 saturated carbocycles. The fourth-order valence-corrected chi connectivity index (χ4v) is 2.30. The molecule has 0 saturated heterocycles. The van der Waals surface area contributed by atoms with E-state index in [1.54, 1.807) is 0 Å². The maximum atomic E-state index is 7.63. The standard InChI is InChI=1S/C14H13NO/c1-9(15)10-6-7-12-11-4-2-3-5-13(11)16-14(12)8-10/h2-6,8,12,15H,7H2,1H3. The van der Waals surface area contributed by atoms with E-state index < -0.39 is 0 Å². The summed E-state index contributed by atoms with van der Waals surface area (Å²) in [6.07, 6.45) is 5.06. The van der Waals surface area contributed by atoms with Crippen LogP contribution in [0.1, 0.15) is 24.8 Å². The smallest absolute Gasteiger partial charge is 0.130 e. The van der Waals surface area contributed by atoms with E-state index in [-0.39, 0.29) is 0 Å². The Morgan fingerprint density at radius 1 is 1.38 bits per heavy atom. The Morgan fingerprint density at radius 2 is 2.19 bits per heavy atom. The first-order valence-corrected chi connectivity index (χ1v) is 5.50. The number of benzene rings is 1. The van der Waals surface area contributed by atoms with Crippen LogP contribution >= 0.6 is 0 Å². The first-order chi connectivity index (χ1) is 7.75. The van der Waals surface area contributed by atoms with E-state index in [1.165, 1.54) is 5.56 Å². The molecule has 0 fully saturated rings. The lowest BCUT2D eigenvalue weighted by Gasteiger charge is -2.15. The van der Waals surface area contributed by atoms with Crippen LogP contribution < -0.4 is 4.74 Å². The Kier molecular flexibility index (Phi) is 1.96. The van der Waals surface area contributed by atoms with Gasteiger partial charge in [-0.1, -0.05) is 24.3 Å². The van der Waals surface area contributed by atoms with Crippen molar-refractivity contribution in [3.8, 4) is 5.75 Å². The molecule has 80 valence electrons. The zero-order chi connectivity index (χ0) is 11.1. The van der Waals surface area contributed by atoms with Gasteiger partial charge in [0.1, 0.15) is 11.5 Å². The van der Waals surface area contributed by atoms with Crippen LogP contribution in [0.2, 0.25) is 0 Å². The van der Waals surface area contributed by atoms with Crippen LogP contribution in [-0.4, -0.2) is 5.71 Å². The molecule has 0 bridgehead atoms. The number of para-hydroxylation sites is 1. The van der Waals surface area contributed by atoms with Crippen molar-refractivity contribution in [3.05, 3.63) is 53.3 Å². The van der Waals surface area contributed by atoms with Gasteiger partial charge >= 0.3 is 0 Å². The molecule has 1 atom stereocenters. The normalized spacial score (nSPS) is 21.4. The molecule has 1 aromatic rings. The van der Waals surface area contributed by atoms with Gasteiger partial charge in [0, 0.05) is 17.2 Å². The molecule has 16 heavy (non-hydrogen) atoms. The minimum atomic E-state index is 0.360. The Balaban J connectivity index is 2.01. The summed E-state index contributed by atoms with van der Waals surface area (Å²) in [7, 11) is 0. The van der Waals surface area contributed by atoms with Crippen molar-refractivity contribution in [2.75, 3.05) is 0 Å². The lowest BCUT2D eigenvalue weighted by molar-refractivity contribution is 0.425. The van der Waals surface area contributed by atoms with Crippen LogP contribution in [0.5, 0.6) is 5.75 Å². The van der Waals surface area contributed by atoms with E-state index in [1.807, 2.05) is 31.2 Å². The second-order valence-electron chi connectivity index (χ2n) is 4.26. The van der Waals surface area contributed by atoms with Gasteiger partial charge in [0.15, 0.2) is 0 Å². The molecular formula is C14H13NO. The molecule has 1 aliphatic heterocycles. The highest BCUT2D eigenvalue weighted by Crippen LogP contribution is 2.44. The zero-order valence-electron chi connectivity index (χ0n) is 9.16. The zero-order valence-corrected chi connectivity index (χ0v) is 9.16. The predicted molar refractivity (Wildman–Crippen MR) is 64.0 cm³/mol. The van der Waals surface area contributed by atoms with E-state index in [2.05, 4.69) is 12.1 Å². The van der Waals surface area contributed by atoms with Gasteiger partial charge in [0.2, 0.25) is 0 Å². The van der Waals surface area contributed by atoms with Crippen LogP contribution in [0, 0.1) is 5.41 Å². The summed E-state index contributed by atoms with van der Waals surface area (Å²) in [6, 6.07) is 8.17. The summed E-state index contributed by atoms with van der Waals surface area (Å²) >= 11 is 0. The molecule has 0 radical (unpaired) electrons. The second-order valence-corrected chi connectivity index (χ2v) is 4.26. The Hall–Kier alpha value is -1.83.